The fraction of sp³-hybridized carbons (Fsp3) is 0.581. The number of phenols is 2. The first-order chi connectivity index (χ1) is 16.4. The third kappa shape index (κ3) is 12.2. The quantitative estimate of drug-likeness (QED) is 0.263. The molecule has 0 fully saturated rings. The van der Waals surface area contributed by atoms with E-state index in [9.17, 15) is 9.90 Å². The first-order valence-electron chi connectivity index (χ1n) is 13.1. The average molecular weight is 485 g/mol. The van der Waals surface area contributed by atoms with E-state index >= 15 is 0 Å². The molecule has 0 aliphatic carbocycles. The minimum atomic E-state index is -0.154. The molecule has 35 heavy (non-hydrogen) atoms. The fourth-order valence-corrected chi connectivity index (χ4v) is 3.80. The number of carbonyl (C=O) groups is 1. The summed E-state index contributed by atoms with van der Waals surface area (Å²) in [7, 11) is 0. The Kier molecular flexibility index (Phi) is 12.9. The number of benzene rings is 2. The second-order valence-electron chi connectivity index (χ2n) is 11.4. The van der Waals surface area contributed by atoms with Gasteiger partial charge >= 0.3 is 5.97 Å². The highest BCUT2D eigenvalue weighted by atomic mass is 16.5. The lowest BCUT2D eigenvalue weighted by molar-refractivity contribution is -0.143. The molecule has 0 radical (unpaired) electrons. The molecular weight excluding hydrogens is 436 g/mol. The number of phenolic OH excluding ortho intramolecular Hbond substituents is 2. The van der Waals surface area contributed by atoms with Gasteiger partial charge in [0.1, 0.15) is 11.5 Å². The Morgan fingerprint density at radius 2 is 1.31 bits per heavy atom. The molecule has 0 saturated heterocycles. The zero-order valence-electron chi connectivity index (χ0n) is 23.1. The van der Waals surface area contributed by atoms with E-state index in [1.54, 1.807) is 24.3 Å². The van der Waals surface area contributed by atoms with E-state index in [2.05, 4.69) is 48.5 Å². The highest BCUT2D eigenvalue weighted by molar-refractivity contribution is 5.69. The molecule has 0 unspecified atom stereocenters. The molecule has 0 aromatic heterocycles. The van der Waals surface area contributed by atoms with E-state index in [0.717, 1.165) is 29.5 Å². The van der Waals surface area contributed by atoms with Gasteiger partial charge in [0.15, 0.2) is 0 Å². The van der Waals surface area contributed by atoms with Gasteiger partial charge in [-0.25, -0.2) is 0 Å². The van der Waals surface area contributed by atoms with Crippen molar-refractivity contribution in [1.29, 1.82) is 0 Å². The summed E-state index contributed by atoms with van der Waals surface area (Å²) in [5.74, 6) is 0.577. The van der Waals surface area contributed by atoms with Gasteiger partial charge in [-0.05, 0) is 52.5 Å². The van der Waals surface area contributed by atoms with E-state index in [1.807, 2.05) is 18.2 Å². The predicted octanol–water partition coefficient (Wildman–Crippen LogP) is 8.22. The van der Waals surface area contributed by atoms with Gasteiger partial charge in [0.05, 0.1) is 6.61 Å². The Balaban J connectivity index is 0.000000744. The lowest BCUT2D eigenvalue weighted by Gasteiger charge is -2.28. The third-order valence-corrected chi connectivity index (χ3v) is 5.92. The topological polar surface area (TPSA) is 66.8 Å². The maximum Gasteiger partial charge on any atom is 0.306 e. The van der Waals surface area contributed by atoms with Crippen molar-refractivity contribution in [3.05, 3.63) is 59.2 Å². The van der Waals surface area contributed by atoms with Crippen LogP contribution in [0.1, 0.15) is 110 Å². The highest BCUT2D eigenvalue weighted by Gasteiger charge is 2.26. The molecule has 0 saturated carbocycles. The molecule has 2 aromatic carbocycles. The second kappa shape index (κ2) is 14.8. The maximum atomic E-state index is 12.1. The molecule has 2 rings (SSSR count). The van der Waals surface area contributed by atoms with Crippen molar-refractivity contribution >= 4 is 5.97 Å². The van der Waals surface area contributed by atoms with Crippen LogP contribution in [0.5, 0.6) is 11.5 Å². The monoisotopic (exact) mass is 484 g/mol. The van der Waals surface area contributed by atoms with Crippen molar-refractivity contribution in [2.45, 2.75) is 111 Å². The summed E-state index contributed by atoms with van der Waals surface area (Å²) in [6, 6.07) is 12.8. The molecule has 4 nitrogen and oxygen atoms in total. The predicted molar refractivity (Wildman–Crippen MR) is 146 cm³/mol. The molecule has 0 atom stereocenters. The zero-order chi connectivity index (χ0) is 26.5. The summed E-state index contributed by atoms with van der Waals surface area (Å²) in [6.45, 7) is 15.4. The number of rotatable bonds is 10. The minimum absolute atomic E-state index is 0.128. The van der Waals surface area contributed by atoms with Crippen LogP contribution in [-0.4, -0.2) is 22.8 Å². The number of para-hydroxylation sites is 1. The van der Waals surface area contributed by atoms with Crippen LogP contribution in [0.4, 0.5) is 0 Å². The van der Waals surface area contributed by atoms with Gasteiger partial charge in [-0.1, -0.05) is 111 Å². The zero-order valence-corrected chi connectivity index (χ0v) is 23.1. The maximum absolute atomic E-state index is 12.1. The highest BCUT2D eigenvalue weighted by Crippen LogP contribution is 2.40. The summed E-state index contributed by atoms with van der Waals surface area (Å²) >= 11 is 0. The Bertz CT molecular complexity index is 838. The van der Waals surface area contributed by atoms with Crippen LogP contribution >= 0.6 is 0 Å². The molecule has 2 N–H and O–H groups in total. The average Bonchev–Trinajstić information content (AvgIpc) is 2.77. The van der Waals surface area contributed by atoms with E-state index < -0.39 is 0 Å². The molecular formula is C31H48O4. The fourth-order valence-electron chi connectivity index (χ4n) is 3.80. The molecule has 0 heterocycles. The van der Waals surface area contributed by atoms with Crippen molar-refractivity contribution in [1.82, 2.24) is 0 Å². The van der Waals surface area contributed by atoms with Crippen molar-refractivity contribution in [3.63, 3.8) is 0 Å². The van der Waals surface area contributed by atoms with Crippen LogP contribution in [0, 0.1) is 0 Å². The number of hydrogen-bond donors (Lipinski definition) is 2. The summed E-state index contributed by atoms with van der Waals surface area (Å²) in [4.78, 5) is 12.1. The number of esters is 1. The van der Waals surface area contributed by atoms with Gasteiger partial charge in [-0.15, -0.1) is 0 Å². The van der Waals surface area contributed by atoms with Crippen LogP contribution in [0.3, 0.4) is 0 Å². The normalized spacial score (nSPS) is 11.5. The number of aromatic hydroxyl groups is 2. The SMILES string of the molecule is CCCCCCCCOC(=O)CCc1cc(C(C)(C)C)c(O)c(C(C)(C)C)c1.Oc1ccccc1. The first-order valence-corrected chi connectivity index (χ1v) is 13.1. The van der Waals surface area contributed by atoms with Crippen molar-refractivity contribution in [2.24, 2.45) is 0 Å². The van der Waals surface area contributed by atoms with Crippen LogP contribution in [-0.2, 0) is 26.8 Å². The van der Waals surface area contributed by atoms with E-state index in [0.29, 0.717) is 30.9 Å². The number of carbonyl (C=O) groups excluding carboxylic acids is 1. The van der Waals surface area contributed by atoms with Crippen molar-refractivity contribution in [3.8, 4) is 11.5 Å². The molecule has 196 valence electrons. The Hall–Kier alpha value is -2.49. The van der Waals surface area contributed by atoms with Gasteiger partial charge in [-0.3, -0.25) is 4.79 Å². The van der Waals surface area contributed by atoms with Crippen LogP contribution < -0.4 is 0 Å². The van der Waals surface area contributed by atoms with Gasteiger partial charge in [0.25, 0.3) is 0 Å². The van der Waals surface area contributed by atoms with Crippen LogP contribution in [0.15, 0.2) is 42.5 Å². The van der Waals surface area contributed by atoms with Gasteiger partial charge in [-0.2, -0.15) is 0 Å². The Morgan fingerprint density at radius 3 is 1.77 bits per heavy atom. The largest absolute Gasteiger partial charge is 0.508 e. The number of aryl methyl sites for hydroxylation is 1. The second-order valence-corrected chi connectivity index (χ2v) is 11.4. The summed E-state index contributed by atoms with van der Waals surface area (Å²) in [5, 5.41) is 19.4. The molecule has 0 aliphatic heterocycles. The Labute approximate surface area is 213 Å². The van der Waals surface area contributed by atoms with Crippen LogP contribution in [0.2, 0.25) is 0 Å². The van der Waals surface area contributed by atoms with Crippen molar-refractivity contribution < 1.29 is 19.7 Å². The third-order valence-electron chi connectivity index (χ3n) is 5.92. The lowest BCUT2D eigenvalue weighted by atomic mass is 9.78. The van der Waals surface area contributed by atoms with E-state index in [-0.39, 0.29) is 16.8 Å². The van der Waals surface area contributed by atoms with Gasteiger partial charge < -0.3 is 14.9 Å². The summed E-state index contributed by atoms with van der Waals surface area (Å²) in [5.41, 5.74) is 2.66. The minimum Gasteiger partial charge on any atom is -0.508 e. The molecule has 0 amide bonds. The molecule has 0 spiro atoms. The Morgan fingerprint density at radius 1 is 0.800 bits per heavy atom. The van der Waals surface area contributed by atoms with E-state index in [4.69, 9.17) is 9.84 Å². The smallest absolute Gasteiger partial charge is 0.306 e. The van der Waals surface area contributed by atoms with Crippen molar-refractivity contribution in [2.75, 3.05) is 6.61 Å². The first kappa shape index (κ1) is 30.5. The summed E-state index contributed by atoms with van der Waals surface area (Å²) < 4.78 is 5.40. The van der Waals surface area contributed by atoms with E-state index in [1.165, 1.54) is 25.7 Å². The standard InChI is InChI=1S/C25H42O3.C6H6O/c1-8-9-10-11-12-13-16-28-22(26)15-14-19-17-20(24(2,3)4)23(27)21(18-19)25(5,6)7;7-6-4-2-1-3-5-6/h17-18,27H,8-16H2,1-7H3;1-5,7H. The number of unbranched alkanes of at least 4 members (excludes halogenated alkanes) is 5. The lowest BCUT2D eigenvalue weighted by Crippen LogP contribution is -2.18. The molecule has 4 heteroatoms. The summed E-state index contributed by atoms with van der Waals surface area (Å²) in [6.07, 6.45) is 8.16. The number of hydrogen-bond acceptors (Lipinski definition) is 4. The molecule has 0 bridgehead atoms. The number of ether oxygens (including phenoxy) is 1. The van der Waals surface area contributed by atoms with Crippen LogP contribution in [0.25, 0.3) is 0 Å². The van der Waals surface area contributed by atoms with Gasteiger partial charge in [0, 0.05) is 6.42 Å². The van der Waals surface area contributed by atoms with Gasteiger partial charge in [0.2, 0.25) is 0 Å². The molecule has 2 aromatic rings. The molecule has 0 aliphatic rings.